The van der Waals surface area contributed by atoms with Crippen molar-refractivity contribution in [2.45, 2.75) is 51.1 Å². The first-order chi connectivity index (χ1) is 9.10. The maximum atomic E-state index is 4.36. The van der Waals surface area contributed by atoms with Gasteiger partial charge < -0.3 is 10.2 Å². The fraction of sp³-hybridized carbons (Fsp3) is 0.800. The Labute approximate surface area is 116 Å². The molecule has 2 heterocycles. The lowest BCUT2D eigenvalue weighted by atomic mass is 9.89. The highest BCUT2D eigenvalue weighted by Gasteiger charge is 2.42. The Morgan fingerprint density at radius 2 is 2.11 bits per heavy atom. The van der Waals surface area contributed by atoms with E-state index in [0.29, 0.717) is 17.5 Å². The molecular formula is C15H26N4. The number of rotatable bonds is 2. The van der Waals surface area contributed by atoms with Gasteiger partial charge in [0.25, 0.3) is 0 Å². The fourth-order valence-corrected chi connectivity index (χ4v) is 3.75. The Kier molecular flexibility index (Phi) is 3.29. The third-order valence-corrected chi connectivity index (χ3v) is 4.91. The molecule has 19 heavy (non-hydrogen) atoms. The van der Waals surface area contributed by atoms with Crippen molar-refractivity contribution < 1.29 is 0 Å². The first-order valence-electron chi connectivity index (χ1n) is 7.60. The lowest BCUT2D eigenvalue weighted by Gasteiger charge is -2.48. The number of aryl methyl sites for hydroxylation is 1. The molecule has 2 aliphatic rings. The average Bonchev–Trinajstić information content (AvgIpc) is 2.99. The molecule has 4 heteroatoms. The van der Waals surface area contributed by atoms with Crippen molar-refractivity contribution in [3.05, 3.63) is 12.4 Å². The van der Waals surface area contributed by atoms with E-state index >= 15 is 0 Å². The van der Waals surface area contributed by atoms with Gasteiger partial charge >= 0.3 is 0 Å². The Balaban J connectivity index is 1.86. The molecular weight excluding hydrogens is 236 g/mol. The van der Waals surface area contributed by atoms with Crippen LogP contribution in [0.5, 0.6) is 0 Å². The zero-order chi connectivity index (χ0) is 13.5. The molecule has 1 saturated carbocycles. The van der Waals surface area contributed by atoms with Gasteiger partial charge in [0, 0.05) is 37.9 Å². The van der Waals surface area contributed by atoms with Gasteiger partial charge in [-0.1, -0.05) is 26.7 Å². The van der Waals surface area contributed by atoms with Gasteiger partial charge in [-0.3, -0.25) is 4.68 Å². The van der Waals surface area contributed by atoms with Crippen molar-refractivity contribution in [1.82, 2.24) is 15.1 Å². The minimum atomic E-state index is 0.362. The number of piperazine rings is 1. The quantitative estimate of drug-likeness (QED) is 0.886. The Morgan fingerprint density at radius 3 is 2.68 bits per heavy atom. The summed E-state index contributed by atoms with van der Waals surface area (Å²) in [6.45, 7) is 6.89. The predicted molar refractivity (Wildman–Crippen MR) is 78.4 cm³/mol. The molecule has 0 aromatic carbocycles. The summed E-state index contributed by atoms with van der Waals surface area (Å²) in [6.07, 6.45) is 9.58. The van der Waals surface area contributed by atoms with E-state index in [2.05, 4.69) is 35.4 Å². The normalized spacial score (nSPS) is 26.5. The molecule has 1 N–H and O–H groups in total. The van der Waals surface area contributed by atoms with Gasteiger partial charge in [0.15, 0.2) is 0 Å². The Hall–Kier alpha value is -1.03. The molecule has 1 unspecified atom stereocenters. The molecule has 1 aliphatic carbocycles. The Morgan fingerprint density at radius 1 is 1.37 bits per heavy atom. The van der Waals surface area contributed by atoms with E-state index in [0.717, 1.165) is 13.1 Å². The van der Waals surface area contributed by atoms with Gasteiger partial charge in [-0.15, -0.1) is 0 Å². The summed E-state index contributed by atoms with van der Waals surface area (Å²) < 4.78 is 1.91. The molecule has 106 valence electrons. The number of nitrogens with one attached hydrogen (secondary N) is 1. The van der Waals surface area contributed by atoms with Crippen LogP contribution in [-0.2, 0) is 7.05 Å². The number of anilines is 1. The van der Waals surface area contributed by atoms with Crippen molar-refractivity contribution in [2.75, 3.05) is 18.0 Å². The van der Waals surface area contributed by atoms with Crippen LogP contribution in [0.4, 0.5) is 5.69 Å². The zero-order valence-corrected chi connectivity index (χ0v) is 12.4. The Bertz CT molecular complexity index is 431. The molecule has 1 aliphatic heterocycles. The highest BCUT2D eigenvalue weighted by atomic mass is 15.3. The summed E-state index contributed by atoms with van der Waals surface area (Å²) in [5, 5.41) is 8.22. The first kappa shape index (κ1) is 13.0. The van der Waals surface area contributed by atoms with Crippen LogP contribution in [0.3, 0.4) is 0 Å². The third kappa shape index (κ3) is 2.38. The molecule has 0 bridgehead atoms. The van der Waals surface area contributed by atoms with Gasteiger partial charge in [-0.05, 0) is 18.8 Å². The third-order valence-electron chi connectivity index (χ3n) is 4.91. The fourth-order valence-electron chi connectivity index (χ4n) is 3.75. The van der Waals surface area contributed by atoms with E-state index in [1.54, 1.807) is 0 Å². The van der Waals surface area contributed by atoms with Gasteiger partial charge in [0.1, 0.15) is 0 Å². The van der Waals surface area contributed by atoms with Gasteiger partial charge in [0.05, 0.1) is 11.9 Å². The molecule has 1 aromatic rings. The van der Waals surface area contributed by atoms with Crippen LogP contribution in [0.2, 0.25) is 0 Å². The lowest BCUT2D eigenvalue weighted by molar-refractivity contribution is 0.245. The van der Waals surface area contributed by atoms with Crippen molar-refractivity contribution in [3.63, 3.8) is 0 Å². The molecule has 0 amide bonds. The van der Waals surface area contributed by atoms with Crippen molar-refractivity contribution in [2.24, 2.45) is 13.0 Å². The second kappa shape index (κ2) is 4.82. The standard InChI is InChI=1S/C15H26N4/c1-12(2)14-9-16-15(6-4-5-7-15)11-19(14)13-8-17-18(3)10-13/h8,10,12,14,16H,4-7,9,11H2,1-3H3. The van der Waals surface area contributed by atoms with E-state index in [1.165, 1.54) is 31.4 Å². The van der Waals surface area contributed by atoms with Crippen LogP contribution in [0.15, 0.2) is 12.4 Å². The summed E-state index contributed by atoms with van der Waals surface area (Å²) in [5.74, 6) is 0.659. The smallest absolute Gasteiger partial charge is 0.0756 e. The lowest BCUT2D eigenvalue weighted by Crippen LogP contribution is -2.64. The molecule has 1 aromatic heterocycles. The van der Waals surface area contributed by atoms with Gasteiger partial charge in [0.2, 0.25) is 0 Å². The van der Waals surface area contributed by atoms with E-state index < -0.39 is 0 Å². The van der Waals surface area contributed by atoms with Crippen LogP contribution in [0, 0.1) is 5.92 Å². The minimum absolute atomic E-state index is 0.362. The average molecular weight is 262 g/mol. The molecule has 1 atom stereocenters. The minimum Gasteiger partial charge on any atom is -0.363 e. The number of nitrogens with zero attached hydrogens (tertiary/aromatic N) is 3. The van der Waals surface area contributed by atoms with E-state index in [4.69, 9.17) is 0 Å². The molecule has 0 radical (unpaired) electrons. The number of aromatic nitrogens is 2. The SMILES string of the molecule is CC(C)C1CNC2(CCCC2)CN1c1cnn(C)c1. The van der Waals surface area contributed by atoms with Crippen molar-refractivity contribution in [1.29, 1.82) is 0 Å². The topological polar surface area (TPSA) is 33.1 Å². The first-order valence-corrected chi connectivity index (χ1v) is 7.60. The summed E-state index contributed by atoms with van der Waals surface area (Å²) in [6, 6.07) is 0.579. The summed E-state index contributed by atoms with van der Waals surface area (Å²) in [5.41, 5.74) is 1.65. The van der Waals surface area contributed by atoms with Crippen LogP contribution in [0.25, 0.3) is 0 Å². The van der Waals surface area contributed by atoms with E-state index in [9.17, 15) is 0 Å². The molecule has 4 nitrogen and oxygen atoms in total. The zero-order valence-electron chi connectivity index (χ0n) is 12.4. The highest BCUT2D eigenvalue weighted by molar-refractivity contribution is 5.45. The van der Waals surface area contributed by atoms with Crippen molar-refractivity contribution in [3.8, 4) is 0 Å². The summed E-state index contributed by atoms with van der Waals surface area (Å²) in [4.78, 5) is 2.60. The summed E-state index contributed by atoms with van der Waals surface area (Å²) in [7, 11) is 2.00. The number of hydrogen-bond acceptors (Lipinski definition) is 3. The van der Waals surface area contributed by atoms with E-state index in [-0.39, 0.29) is 0 Å². The van der Waals surface area contributed by atoms with Crippen LogP contribution < -0.4 is 10.2 Å². The monoisotopic (exact) mass is 262 g/mol. The summed E-state index contributed by atoms with van der Waals surface area (Å²) >= 11 is 0. The molecule has 1 spiro atoms. The maximum absolute atomic E-state index is 4.36. The molecule has 1 saturated heterocycles. The number of hydrogen-bond donors (Lipinski definition) is 1. The predicted octanol–water partition coefficient (Wildman–Crippen LogP) is 2.17. The highest BCUT2D eigenvalue weighted by Crippen LogP contribution is 2.36. The van der Waals surface area contributed by atoms with Crippen LogP contribution in [0.1, 0.15) is 39.5 Å². The van der Waals surface area contributed by atoms with E-state index in [1.807, 2.05) is 17.9 Å². The van der Waals surface area contributed by atoms with Crippen molar-refractivity contribution >= 4 is 5.69 Å². The second-order valence-corrected chi connectivity index (χ2v) is 6.68. The molecule has 2 fully saturated rings. The van der Waals surface area contributed by atoms with Crippen LogP contribution >= 0.6 is 0 Å². The van der Waals surface area contributed by atoms with Gasteiger partial charge in [-0.25, -0.2) is 0 Å². The second-order valence-electron chi connectivity index (χ2n) is 6.68. The largest absolute Gasteiger partial charge is 0.363 e. The van der Waals surface area contributed by atoms with Crippen LogP contribution in [-0.4, -0.2) is 34.5 Å². The molecule has 3 rings (SSSR count). The van der Waals surface area contributed by atoms with Gasteiger partial charge in [-0.2, -0.15) is 5.10 Å². The maximum Gasteiger partial charge on any atom is 0.0756 e.